The largest absolute Gasteiger partial charge is 0.205 e. The average Bonchev–Trinajstić information content (AvgIpc) is 2.64. The molecule has 0 fully saturated rings. The Morgan fingerprint density at radius 1 is 1.57 bits per heavy atom. The number of nitrogens with zero attached hydrogens (tertiary/aromatic N) is 1. The zero-order valence-corrected chi connectivity index (χ0v) is 8.49. The van der Waals surface area contributed by atoms with Crippen molar-refractivity contribution >= 4 is 21.4 Å². The van der Waals surface area contributed by atoms with Gasteiger partial charge in [0, 0.05) is 10.3 Å². The van der Waals surface area contributed by atoms with E-state index in [0.29, 0.717) is 12.0 Å². The van der Waals surface area contributed by atoms with Crippen LogP contribution in [0.2, 0.25) is 0 Å². The van der Waals surface area contributed by atoms with Gasteiger partial charge in [-0.3, -0.25) is 0 Å². The van der Waals surface area contributed by atoms with Crippen molar-refractivity contribution in [2.45, 2.75) is 13.3 Å². The van der Waals surface area contributed by atoms with Gasteiger partial charge >= 0.3 is 0 Å². The summed E-state index contributed by atoms with van der Waals surface area (Å²) in [4.78, 5) is 0. The molecule has 1 aromatic heterocycles. The Kier molecular flexibility index (Phi) is 2.22. The van der Waals surface area contributed by atoms with Gasteiger partial charge in [-0.25, -0.2) is 4.39 Å². The van der Waals surface area contributed by atoms with E-state index in [1.807, 2.05) is 24.4 Å². The second kappa shape index (κ2) is 3.39. The van der Waals surface area contributed by atoms with E-state index >= 15 is 0 Å². The lowest BCUT2D eigenvalue weighted by molar-refractivity contribution is 0.611. The molecule has 0 radical (unpaired) electrons. The third-order valence-corrected chi connectivity index (χ3v) is 3.24. The van der Waals surface area contributed by atoms with Gasteiger partial charge in [0.1, 0.15) is 11.9 Å². The molecule has 14 heavy (non-hydrogen) atoms. The lowest BCUT2D eigenvalue weighted by Gasteiger charge is -2.03. The molecule has 2 rings (SSSR count). The van der Waals surface area contributed by atoms with Gasteiger partial charge in [0.15, 0.2) is 0 Å². The van der Waals surface area contributed by atoms with Crippen LogP contribution >= 0.6 is 11.3 Å². The van der Waals surface area contributed by atoms with Crippen LogP contribution in [0.3, 0.4) is 0 Å². The van der Waals surface area contributed by atoms with Crippen molar-refractivity contribution in [2.24, 2.45) is 0 Å². The van der Waals surface area contributed by atoms with Gasteiger partial charge < -0.3 is 0 Å². The summed E-state index contributed by atoms with van der Waals surface area (Å²) in [6.07, 6.45) is 0.623. The molecule has 0 unspecified atom stereocenters. The Balaban J connectivity index is 2.89. The molecule has 0 aliphatic rings. The van der Waals surface area contributed by atoms with Crippen LogP contribution in [0.25, 0.3) is 10.1 Å². The summed E-state index contributed by atoms with van der Waals surface area (Å²) in [6, 6.07) is 5.41. The Hall–Kier alpha value is -1.40. The normalized spacial score (nSPS) is 10.4. The van der Waals surface area contributed by atoms with E-state index in [2.05, 4.69) is 0 Å². The standard InChI is InChI=1S/C11H8FNS/c1-2-9-10(12)8(6-13)5-7-3-4-14-11(7)9/h3-5H,2H2,1H3. The molecule has 0 spiro atoms. The van der Waals surface area contributed by atoms with Crippen molar-refractivity contribution in [3.63, 3.8) is 0 Å². The molecular weight excluding hydrogens is 197 g/mol. The Morgan fingerprint density at radius 3 is 3.00 bits per heavy atom. The van der Waals surface area contributed by atoms with Crippen LogP contribution in [0.1, 0.15) is 18.1 Å². The quantitative estimate of drug-likeness (QED) is 0.699. The van der Waals surface area contributed by atoms with E-state index in [1.165, 1.54) is 11.3 Å². The van der Waals surface area contributed by atoms with Crippen LogP contribution in [0.4, 0.5) is 4.39 Å². The molecule has 0 aliphatic heterocycles. The first kappa shape index (κ1) is 9.17. The summed E-state index contributed by atoms with van der Waals surface area (Å²) in [5.74, 6) is -0.357. The van der Waals surface area contributed by atoms with Crippen LogP contribution in [-0.4, -0.2) is 0 Å². The highest BCUT2D eigenvalue weighted by Gasteiger charge is 2.12. The number of thiophene rings is 1. The van der Waals surface area contributed by atoms with Crippen LogP contribution in [-0.2, 0) is 6.42 Å². The van der Waals surface area contributed by atoms with Crippen molar-refractivity contribution in [1.82, 2.24) is 0 Å². The number of benzene rings is 1. The highest BCUT2D eigenvalue weighted by molar-refractivity contribution is 7.17. The zero-order chi connectivity index (χ0) is 10.1. The van der Waals surface area contributed by atoms with Crippen LogP contribution in [0.5, 0.6) is 0 Å². The topological polar surface area (TPSA) is 23.8 Å². The summed E-state index contributed by atoms with van der Waals surface area (Å²) in [5, 5.41) is 11.6. The Labute approximate surface area is 85.4 Å². The molecule has 0 N–H and O–H groups in total. The molecule has 1 nitrogen and oxygen atoms in total. The van der Waals surface area contributed by atoms with E-state index in [-0.39, 0.29) is 11.4 Å². The molecule has 0 bridgehead atoms. The van der Waals surface area contributed by atoms with E-state index in [0.717, 1.165) is 10.1 Å². The number of halogens is 1. The minimum absolute atomic E-state index is 0.146. The van der Waals surface area contributed by atoms with Crippen LogP contribution in [0.15, 0.2) is 17.5 Å². The van der Waals surface area contributed by atoms with Crippen LogP contribution in [0, 0.1) is 17.1 Å². The van der Waals surface area contributed by atoms with Crippen molar-refractivity contribution in [3.05, 3.63) is 34.5 Å². The van der Waals surface area contributed by atoms with E-state index in [4.69, 9.17) is 5.26 Å². The first-order chi connectivity index (χ1) is 6.77. The predicted molar refractivity (Wildman–Crippen MR) is 55.9 cm³/mol. The molecular formula is C11H8FNS. The van der Waals surface area contributed by atoms with Gasteiger partial charge in [-0.15, -0.1) is 11.3 Å². The second-order valence-electron chi connectivity index (χ2n) is 3.02. The van der Waals surface area contributed by atoms with Crippen molar-refractivity contribution in [2.75, 3.05) is 0 Å². The SMILES string of the molecule is CCc1c(F)c(C#N)cc2ccsc12. The lowest BCUT2D eigenvalue weighted by atomic mass is 10.1. The molecule has 0 atom stereocenters. The molecule has 2 aromatic rings. The summed E-state index contributed by atoms with van der Waals surface area (Å²) in [5.41, 5.74) is 0.807. The van der Waals surface area contributed by atoms with Gasteiger partial charge in [-0.2, -0.15) is 5.26 Å². The predicted octanol–water partition coefficient (Wildman–Crippen LogP) is 3.47. The number of fused-ring (bicyclic) bond motifs is 1. The number of hydrogen-bond acceptors (Lipinski definition) is 2. The minimum atomic E-state index is -0.357. The molecule has 0 amide bonds. The molecule has 70 valence electrons. The van der Waals surface area contributed by atoms with E-state index in [9.17, 15) is 4.39 Å². The fourth-order valence-electron chi connectivity index (χ4n) is 1.56. The maximum Gasteiger partial charge on any atom is 0.145 e. The second-order valence-corrected chi connectivity index (χ2v) is 3.94. The maximum absolute atomic E-state index is 13.7. The van der Waals surface area contributed by atoms with Crippen molar-refractivity contribution < 1.29 is 4.39 Å². The summed E-state index contributed by atoms with van der Waals surface area (Å²) >= 11 is 1.52. The van der Waals surface area contributed by atoms with Crippen molar-refractivity contribution in [1.29, 1.82) is 5.26 Å². The Bertz CT molecular complexity index is 522. The van der Waals surface area contributed by atoms with E-state index < -0.39 is 0 Å². The minimum Gasteiger partial charge on any atom is -0.205 e. The van der Waals surface area contributed by atoms with Gasteiger partial charge in [0.25, 0.3) is 0 Å². The highest BCUT2D eigenvalue weighted by atomic mass is 32.1. The summed E-state index contributed by atoms with van der Waals surface area (Å²) in [7, 11) is 0. The number of rotatable bonds is 1. The van der Waals surface area contributed by atoms with E-state index in [1.54, 1.807) is 6.07 Å². The van der Waals surface area contributed by atoms with Crippen LogP contribution < -0.4 is 0 Å². The maximum atomic E-state index is 13.7. The molecule has 0 saturated heterocycles. The lowest BCUT2D eigenvalue weighted by Crippen LogP contribution is -1.92. The number of nitriles is 1. The highest BCUT2D eigenvalue weighted by Crippen LogP contribution is 2.29. The average molecular weight is 205 g/mol. The fourth-order valence-corrected chi connectivity index (χ4v) is 2.55. The first-order valence-corrected chi connectivity index (χ1v) is 5.24. The third-order valence-electron chi connectivity index (χ3n) is 2.25. The zero-order valence-electron chi connectivity index (χ0n) is 7.67. The first-order valence-electron chi connectivity index (χ1n) is 4.36. The number of aryl methyl sites for hydroxylation is 1. The molecule has 1 aromatic carbocycles. The summed E-state index contributed by atoms with van der Waals surface area (Å²) in [6.45, 7) is 1.90. The summed E-state index contributed by atoms with van der Waals surface area (Å²) < 4.78 is 14.6. The fraction of sp³-hybridized carbons (Fsp3) is 0.182. The van der Waals surface area contributed by atoms with Gasteiger partial charge in [0.05, 0.1) is 5.56 Å². The van der Waals surface area contributed by atoms with Gasteiger partial charge in [0.2, 0.25) is 0 Å². The van der Waals surface area contributed by atoms with Crippen molar-refractivity contribution in [3.8, 4) is 6.07 Å². The molecule has 3 heteroatoms. The molecule has 0 saturated carbocycles. The smallest absolute Gasteiger partial charge is 0.145 e. The molecule has 1 heterocycles. The third kappa shape index (κ3) is 1.19. The van der Waals surface area contributed by atoms with Gasteiger partial charge in [-0.1, -0.05) is 6.92 Å². The Morgan fingerprint density at radius 2 is 2.36 bits per heavy atom. The number of hydrogen-bond donors (Lipinski definition) is 0. The van der Waals surface area contributed by atoms with Gasteiger partial charge in [-0.05, 0) is 29.3 Å². The molecule has 0 aliphatic carbocycles. The monoisotopic (exact) mass is 205 g/mol.